The number of amides is 1. The van der Waals surface area contributed by atoms with Gasteiger partial charge in [-0.1, -0.05) is 37.3 Å². The molecule has 2 unspecified atom stereocenters. The first-order valence-electron chi connectivity index (χ1n) is 10.1. The van der Waals surface area contributed by atoms with Gasteiger partial charge in [0.15, 0.2) is 0 Å². The van der Waals surface area contributed by atoms with E-state index in [0.717, 1.165) is 12.0 Å². The van der Waals surface area contributed by atoms with E-state index in [1.54, 1.807) is 12.1 Å². The Labute approximate surface area is 177 Å². The number of halogens is 1. The summed E-state index contributed by atoms with van der Waals surface area (Å²) in [6.45, 7) is 2.90. The Bertz CT molecular complexity index is 839. The van der Waals surface area contributed by atoms with E-state index in [1.165, 1.54) is 12.1 Å². The van der Waals surface area contributed by atoms with Crippen LogP contribution in [0, 0.1) is 18.2 Å². The van der Waals surface area contributed by atoms with Crippen LogP contribution in [0.3, 0.4) is 0 Å². The normalized spacial score (nSPS) is 18.8. The van der Waals surface area contributed by atoms with Crippen molar-refractivity contribution in [3.8, 4) is 12.3 Å². The van der Waals surface area contributed by atoms with Crippen LogP contribution in [-0.2, 0) is 9.53 Å². The molecule has 0 aliphatic heterocycles. The summed E-state index contributed by atoms with van der Waals surface area (Å²) in [7, 11) is 0. The molecule has 1 amide bonds. The molecule has 0 spiro atoms. The number of aliphatic hydroxyl groups excluding tert-OH is 1. The van der Waals surface area contributed by atoms with Crippen LogP contribution in [0.2, 0.25) is 0 Å². The second-order valence-corrected chi connectivity index (χ2v) is 6.98. The van der Waals surface area contributed by atoms with Gasteiger partial charge in [0.1, 0.15) is 12.0 Å². The quantitative estimate of drug-likeness (QED) is 0.405. The number of hydrogen-bond donors (Lipinski definition) is 3. The SMILES string of the molecule is C#CC/C=C\C=C1/CC(OCC(O)NCCC)CC=C1C(=O)Nc1cccc(F)c1. The highest BCUT2D eigenvalue weighted by molar-refractivity contribution is 6.07. The third kappa shape index (κ3) is 7.96. The Hall–Kier alpha value is -2.72. The molecule has 0 bridgehead atoms. The Balaban J connectivity index is 2.08. The number of hydrogen-bond acceptors (Lipinski definition) is 4. The molecule has 2 atom stereocenters. The number of rotatable bonds is 10. The number of carbonyl (C=O) groups is 1. The van der Waals surface area contributed by atoms with E-state index in [-0.39, 0.29) is 18.6 Å². The predicted octanol–water partition coefficient (Wildman–Crippen LogP) is 3.69. The molecule has 1 aromatic carbocycles. The average molecular weight is 413 g/mol. The Morgan fingerprint density at radius 3 is 3.07 bits per heavy atom. The summed E-state index contributed by atoms with van der Waals surface area (Å²) in [6.07, 6.45) is 14.2. The summed E-state index contributed by atoms with van der Waals surface area (Å²) in [5, 5.41) is 15.6. The largest absolute Gasteiger partial charge is 0.376 e. The van der Waals surface area contributed by atoms with Gasteiger partial charge in [0.25, 0.3) is 5.91 Å². The molecule has 0 radical (unpaired) electrons. The molecule has 1 aliphatic carbocycles. The minimum atomic E-state index is -0.727. The Morgan fingerprint density at radius 1 is 1.50 bits per heavy atom. The van der Waals surface area contributed by atoms with Crippen molar-refractivity contribution < 1.29 is 19.0 Å². The van der Waals surface area contributed by atoms with Crippen LogP contribution in [0.1, 0.15) is 32.6 Å². The molecule has 5 nitrogen and oxygen atoms in total. The first-order valence-corrected chi connectivity index (χ1v) is 10.1. The first kappa shape index (κ1) is 23.6. The molecule has 6 heteroatoms. The zero-order valence-corrected chi connectivity index (χ0v) is 17.2. The molecule has 3 N–H and O–H groups in total. The summed E-state index contributed by atoms with van der Waals surface area (Å²) in [6, 6.07) is 5.77. The van der Waals surface area contributed by atoms with Gasteiger partial charge in [-0.3, -0.25) is 10.1 Å². The smallest absolute Gasteiger partial charge is 0.255 e. The van der Waals surface area contributed by atoms with Gasteiger partial charge in [-0.05, 0) is 49.6 Å². The maximum atomic E-state index is 13.4. The van der Waals surface area contributed by atoms with Crippen LogP contribution in [0.5, 0.6) is 0 Å². The van der Waals surface area contributed by atoms with Gasteiger partial charge in [-0.15, -0.1) is 12.3 Å². The maximum Gasteiger partial charge on any atom is 0.255 e. The zero-order chi connectivity index (χ0) is 21.8. The second kappa shape index (κ2) is 12.8. The van der Waals surface area contributed by atoms with Crippen LogP contribution in [0.4, 0.5) is 10.1 Å². The molecule has 0 heterocycles. The minimum Gasteiger partial charge on any atom is -0.376 e. The van der Waals surface area contributed by atoms with E-state index in [1.807, 2.05) is 31.2 Å². The first-order chi connectivity index (χ1) is 14.5. The second-order valence-electron chi connectivity index (χ2n) is 6.98. The fourth-order valence-electron chi connectivity index (χ4n) is 3.02. The van der Waals surface area contributed by atoms with Crippen molar-refractivity contribution in [1.29, 1.82) is 0 Å². The summed E-state index contributed by atoms with van der Waals surface area (Å²) in [5.41, 5.74) is 1.71. The third-order valence-electron chi connectivity index (χ3n) is 4.49. The van der Waals surface area contributed by atoms with Gasteiger partial charge >= 0.3 is 0 Å². The van der Waals surface area contributed by atoms with E-state index >= 15 is 0 Å². The van der Waals surface area contributed by atoms with Gasteiger partial charge < -0.3 is 15.2 Å². The van der Waals surface area contributed by atoms with Gasteiger partial charge in [-0.2, -0.15) is 0 Å². The summed E-state index contributed by atoms with van der Waals surface area (Å²) in [5.74, 6) is 1.81. The lowest BCUT2D eigenvalue weighted by Gasteiger charge is -2.25. The maximum absolute atomic E-state index is 13.4. The van der Waals surface area contributed by atoms with Crippen molar-refractivity contribution in [2.24, 2.45) is 0 Å². The topological polar surface area (TPSA) is 70.6 Å². The minimum absolute atomic E-state index is 0.152. The lowest BCUT2D eigenvalue weighted by molar-refractivity contribution is -0.112. The fourth-order valence-corrected chi connectivity index (χ4v) is 3.02. The fraction of sp³-hybridized carbons (Fsp3) is 0.375. The number of anilines is 1. The van der Waals surface area contributed by atoms with Gasteiger partial charge in [-0.25, -0.2) is 4.39 Å². The predicted molar refractivity (Wildman–Crippen MR) is 117 cm³/mol. The molecule has 0 fully saturated rings. The van der Waals surface area contributed by atoms with Crippen LogP contribution < -0.4 is 10.6 Å². The average Bonchev–Trinajstić information content (AvgIpc) is 2.74. The molecular formula is C24H29FN2O3. The molecule has 2 rings (SSSR count). The van der Waals surface area contributed by atoms with E-state index in [2.05, 4.69) is 16.6 Å². The standard InChI is InChI=1S/C24H29FN2O3/c1-3-5-6-7-9-18-15-21(30-17-23(28)26-14-4-2)12-13-22(18)24(29)27-20-11-8-10-19(25)16-20/h1,6-11,13,16,21,23,26,28H,4-5,12,14-15,17H2,2H3,(H,27,29)/b7-6-,18-9+. The molecule has 160 valence electrons. The van der Waals surface area contributed by atoms with E-state index < -0.39 is 12.0 Å². The van der Waals surface area contributed by atoms with E-state index in [9.17, 15) is 14.3 Å². The van der Waals surface area contributed by atoms with Crippen molar-refractivity contribution >= 4 is 11.6 Å². The molecule has 1 aliphatic rings. The summed E-state index contributed by atoms with van der Waals surface area (Å²) < 4.78 is 19.2. The van der Waals surface area contributed by atoms with Crippen molar-refractivity contribution in [2.45, 2.75) is 44.9 Å². The lowest BCUT2D eigenvalue weighted by Crippen LogP contribution is -2.35. The third-order valence-corrected chi connectivity index (χ3v) is 4.49. The van der Waals surface area contributed by atoms with Crippen molar-refractivity contribution in [2.75, 3.05) is 18.5 Å². The molecule has 0 aromatic heterocycles. The highest BCUT2D eigenvalue weighted by Gasteiger charge is 2.24. The summed E-state index contributed by atoms with van der Waals surface area (Å²) >= 11 is 0. The molecular weight excluding hydrogens is 383 g/mol. The number of nitrogens with one attached hydrogen (secondary N) is 2. The summed E-state index contributed by atoms with van der Waals surface area (Å²) in [4.78, 5) is 12.8. The van der Waals surface area contributed by atoms with Crippen LogP contribution >= 0.6 is 0 Å². The Morgan fingerprint density at radius 2 is 2.33 bits per heavy atom. The van der Waals surface area contributed by atoms with Gasteiger partial charge in [0, 0.05) is 17.7 Å². The highest BCUT2D eigenvalue weighted by Crippen LogP contribution is 2.28. The van der Waals surface area contributed by atoms with Crippen molar-refractivity contribution in [3.05, 3.63) is 65.5 Å². The molecule has 1 aromatic rings. The number of aliphatic hydroxyl groups is 1. The lowest BCUT2D eigenvalue weighted by atomic mass is 9.90. The highest BCUT2D eigenvalue weighted by atomic mass is 19.1. The van der Waals surface area contributed by atoms with E-state index in [0.29, 0.717) is 37.1 Å². The number of terminal acetylenes is 1. The number of benzene rings is 1. The molecule has 0 saturated carbocycles. The van der Waals surface area contributed by atoms with Gasteiger partial charge in [0.2, 0.25) is 0 Å². The molecule has 0 saturated heterocycles. The number of allylic oxidation sites excluding steroid dienone is 3. The molecule has 30 heavy (non-hydrogen) atoms. The van der Waals surface area contributed by atoms with Crippen LogP contribution in [0.25, 0.3) is 0 Å². The van der Waals surface area contributed by atoms with Crippen LogP contribution in [0.15, 0.2) is 59.7 Å². The van der Waals surface area contributed by atoms with Gasteiger partial charge in [0.05, 0.1) is 12.7 Å². The number of ether oxygens (including phenoxy) is 1. The number of carbonyl (C=O) groups excluding carboxylic acids is 1. The van der Waals surface area contributed by atoms with Crippen LogP contribution in [-0.4, -0.2) is 36.5 Å². The zero-order valence-electron chi connectivity index (χ0n) is 17.2. The Kier molecular flexibility index (Phi) is 10.0. The van der Waals surface area contributed by atoms with E-state index in [4.69, 9.17) is 11.2 Å². The van der Waals surface area contributed by atoms with Crippen molar-refractivity contribution in [1.82, 2.24) is 5.32 Å². The van der Waals surface area contributed by atoms with Crippen molar-refractivity contribution in [3.63, 3.8) is 0 Å². The monoisotopic (exact) mass is 412 g/mol.